The first kappa shape index (κ1) is 13.9. The molecule has 0 aliphatic carbocycles. The van der Waals surface area contributed by atoms with Gasteiger partial charge in [-0.05, 0) is 31.7 Å². The molecule has 1 aromatic rings. The molecule has 3 fully saturated rings. The summed E-state index contributed by atoms with van der Waals surface area (Å²) in [5, 5.41) is 0. The molecule has 3 aliphatic heterocycles. The van der Waals surface area contributed by atoms with Crippen molar-refractivity contribution in [3.05, 3.63) is 18.5 Å². The fourth-order valence-corrected chi connectivity index (χ4v) is 4.13. The number of nitrogens with zero attached hydrogens (tertiary/aromatic N) is 4. The number of aromatic nitrogens is 2. The molecule has 0 bridgehead atoms. The average molecular weight is 302 g/mol. The van der Waals surface area contributed by atoms with Crippen molar-refractivity contribution >= 4 is 11.9 Å². The van der Waals surface area contributed by atoms with Crippen molar-refractivity contribution in [1.82, 2.24) is 14.9 Å². The summed E-state index contributed by atoms with van der Waals surface area (Å²) in [6, 6.07) is 2.55. The molecule has 0 unspecified atom stereocenters. The SMILES string of the molecule is O=C(C1CCOCC1)N1CC[C@@H]2[C@@H]1CCN2c1ncccn1. The number of carbonyl (C=O) groups is 1. The molecule has 0 aromatic carbocycles. The molecular formula is C16H22N4O2. The van der Waals surface area contributed by atoms with E-state index in [1.54, 1.807) is 12.4 Å². The van der Waals surface area contributed by atoms with Gasteiger partial charge >= 0.3 is 0 Å². The van der Waals surface area contributed by atoms with Crippen molar-refractivity contribution in [2.45, 2.75) is 37.8 Å². The highest BCUT2D eigenvalue weighted by atomic mass is 16.5. The largest absolute Gasteiger partial charge is 0.381 e. The highest BCUT2D eigenvalue weighted by molar-refractivity contribution is 5.80. The molecule has 118 valence electrons. The van der Waals surface area contributed by atoms with E-state index in [0.29, 0.717) is 18.0 Å². The Balaban J connectivity index is 1.47. The molecule has 4 heterocycles. The van der Waals surface area contributed by atoms with Crippen molar-refractivity contribution in [2.24, 2.45) is 5.92 Å². The van der Waals surface area contributed by atoms with Gasteiger partial charge in [0, 0.05) is 44.6 Å². The first-order valence-corrected chi connectivity index (χ1v) is 8.26. The number of likely N-dealkylation sites (tertiary alicyclic amines) is 1. The van der Waals surface area contributed by atoms with Gasteiger partial charge in [-0.15, -0.1) is 0 Å². The number of hydrogen-bond acceptors (Lipinski definition) is 5. The zero-order chi connectivity index (χ0) is 14.9. The summed E-state index contributed by atoms with van der Waals surface area (Å²) < 4.78 is 5.38. The highest BCUT2D eigenvalue weighted by Crippen LogP contribution is 2.35. The molecule has 22 heavy (non-hydrogen) atoms. The number of hydrogen-bond donors (Lipinski definition) is 0. The number of ether oxygens (including phenoxy) is 1. The van der Waals surface area contributed by atoms with Crippen LogP contribution in [0, 0.1) is 5.92 Å². The lowest BCUT2D eigenvalue weighted by atomic mass is 9.98. The van der Waals surface area contributed by atoms with Crippen LogP contribution < -0.4 is 4.90 Å². The Morgan fingerprint density at radius 1 is 1.05 bits per heavy atom. The predicted molar refractivity (Wildman–Crippen MR) is 81.4 cm³/mol. The van der Waals surface area contributed by atoms with E-state index in [-0.39, 0.29) is 5.92 Å². The van der Waals surface area contributed by atoms with Crippen molar-refractivity contribution in [3.63, 3.8) is 0 Å². The van der Waals surface area contributed by atoms with Crippen LogP contribution in [0.15, 0.2) is 18.5 Å². The number of carbonyl (C=O) groups excluding carboxylic acids is 1. The van der Waals surface area contributed by atoms with Crippen molar-refractivity contribution in [1.29, 1.82) is 0 Å². The number of amides is 1. The van der Waals surface area contributed by atoms with E-state index < -0.39 is 0 Å². The van der Waals surface area contributed by atoms with Crippen molar-refractivity contribution in [3.8, 4) is 0 Å². The van der Waals surface area contributed by atoms with Crippen LogP contribution in [-0.2, 0) is 9.53 Å². The van der Waals surface area contributed by atoms with E-state index in [1.807, 2.05) is 6.07 Å². The minimum absolute atomic E-state index is 0.162. The van der Waals surface area contributed by atoms with Gasteiger partial charge in [0.2, 0.25) is 11.9 Å². The highest BCUT2D eigenvalue weighted by Gasteiger charge is 2.46. The van der Waals surface area contributed by atoms with Gasteiger partial charge in [-0.3, -0.25) is 4.79 Å². The van der Waals surface area contributed by atoms with Gasteiger partial charge in [0.1, 0.15) is 0 Å². The lowest BCUT2D eigenvalue weighted by Crippen LogP contribution is -2.43. The first-order valence-electron chi connectivity index (χ1n) is 8.26. The second-order valence-corrected chi connectivity index (χ2v) is 6.37. The number of fused-ring (bicyclic) bond motifs is 1. The first-order chi connectivity index (χ1) is 10.8. The van der Waals surface area contributed by atoms with Crippen LogP contribution >= 0.6 is 0 Å². The maximum absolute atomic E-state index is 12.8. The second kappa shape index (κ2) is 5.83. The minimum Gasteiger partial charge on any atom is -0.381 e. The fraction of sp³-hybridized carbons (Fsp3) is 0.688. The molecule has 0 saturated carbocycles. The van der Waals surface area contributed by atoms with Crippen LogP contribution in [0.4, 0.5) is 5.95 Å². The molecule has 6 heteroatoms. The lowest BCUT2D eigenvalue weighted by molar-refractivity contribution is -0.139. The number of rotatable bonds is 2. The van der Waals surface area contributed by atoms with Crippen LogP contribution in [0.1, 0.15) is 25.7 Å². The summed E-state index contributed by atoms with van der Waals surface area (Å²) in [5.74, 6) is 1.30. The minimum atomic E-state index is 0.162. The van der Waals surface area contributed by atoms with Gasteiger partial charge in [0.25, 0.3) is 0 Å². The van der Waals surface area contributed by atoms with Crippen molar-refractivity contribution in [2.75, 3.05) is 31.2 Å². The maximum atomic E-state index is 12.8. The molecule has 0 spiro atoms. The smallest absolute Gasteiger partial charge is 0.226 e. The van der Waals surface area contributed by atoms with Crippen LogP contribution in [0.2, 0.25) is 0 Å². The summed E-state index contributed by atoms with van der Waals surface area (Å²) in [6.07, 6.45) is 7.37. The lowest BCUT2D eigenvalue weighted by Gasteiger charge is -2.30. The average Bonchev–Trinajstić information content (AvgIpc) is 3.17. The monoisotopic (exact) mass is 302 g/mol. The summed E-state index contributed by atoms with van der Waals surface area (Å²) in [7, 11) is 0. The molecule has 3 aliphatic rings. The Bertz CT molecular complexity index is 532. The Hall–Kier alpha value is -1.69. The molecule has 0 N–H and O–H groups in total. The molecule has 1 amide bonds. The zero-order valence-electron chi connectivity index (χ0n) is 12.7. The Labute approximate surface area is 130 Å². The van der Waals surface area contributed by atoms with Gasteiger partial charge < -0.3 is 14.5 Å². The standard InChI is InChI=1S/C16H22N4O2/c21-15(12-4-10-22-11-5-12)19-8-2-14-13(19)3-9-20(14)16-17-6-1-7-18-16/h1,6-7,12-14H,2-5,8-11H2/t13-,14+/m0/s1. The summed E-state index contributed by atoms with van der Waals surface area (Å²) in [4.78, 5) is 26.0. The quantitative estimate of drug-likeness (QED) is 0.818. The molecule has 6 nitrogen and oxygen atoms in total. The molecule has 0 radical (unpaired) electrons. The van der Waals surface area contributed by atoms with Crippen LogP contribution in [-0.4, -0.2) is 59.2 Å². The molecule has 4 rings (SSSR count). The molecule has 2 atom stereocenters. The third-order valence-electron chi connectivity index (χ3n) is 5.24. The third-order valence-corrected chi connectivity index (χ3v) is 5.24. The predicted octanol–water partition coefficient (Wildman–Crippen LogP) is 1.08. The van der Waals surface area contributed by atoms with E-state index in [9.17, 15) is 4.79 Å². The van der Waals surface area contributed by atoms with Gasteiger partial charge in [-0.1, -0.05) is 0 Å². The molecule has 3 saturated heterocycles. The molecular weight excluding hydrogens is 280 g/mol. The van der Waals surface area contributed by atoms with Gasteiger partial charge in [-0.25, -0.2) is 9.97 Å². The van der Waals surface area contributed by atoms with Gasteiger partial charge in [0.05, 0.1) is 12.1 Å². The summed E-state index contributed by atoms with van der Waals surface area (Å²) >= 11 is 0. The second-order valence-electron chi connectivity index (χ2n) is 6.37. The zero-order valence-corrected chi connectivity index (χ0v) is 12.7. The normalized spacial score (nSPS) is 28.9. The summed E-state index contributed by atoms with van der Waals surface area (Å²) in [5.41, 5.74) is 0. The van der Waals surface area contributed by atoms with Gasteiger partial charge in [-0.2, -0.15) is 0 Å². The number of anilines is 1. The maximum Gasteiger partial charge on any atom is 0.226 e. The van der Waals surface area contributed by atoms with Crippen LogP contribution in [0.5, 0.6) is 0 Å². The van der Waals surface area contributed by atoms with Crippen molar-refractivity contribution < 1.29 is 9.53 Å². The Kier molecular flexibility index (Phi) is 3.70. The molecule has 1 aromatic heterocycles. The third kappa shape index (κ3) is 2.35. The summed E-state index contributed by atoms with van der Waals surface area (Å²) in [6.45, 7) is 3.26. The Morgan fingerprint density at radius 2 is 1.77 bits per heavy atom. The van der Waals surface area contributed by atoms with E-state index in [2.05, 4.69) is 19.8 Å². The van der Waals surface area contributed by atoms with Crippen LogP contribution in [0.3, 0.4) is 0 Å². The van der Waals surface area contributed by atoms with E-state index in [0.717, 1.165) is 57.9 Å². The van der Waals surface area contributed by atoms with E-state index >= 15 is 0 Å². The Morgan fingerprint density at radius 3 is 2.55 bits per heavy atom. The van der Waals surface area contributed by atoms with E-state index in [4.69, 9.17) is 4.74 Å². The van der Waals surface area contributed by atoms with E-state index in [1.165, 1.54) is 0 Å². The van der Waals surface area contributed by atoms with Gasteiger partial charge in [0.15, 0.2) is 0 Å². The van der Waals surface area contributed by atoms with Crippen LogP contribution in [0.25, 0.3) is 0 Å². The fourth-order valence-electron chi connectivity index (χ4n) is 4.13. The topological polar surface area (TPSA) is 58.6 Å².